The van der Waals surface area contributed by atoms with Crippen LogP contribution in [0.1, 0.15) is 12.5 Å². The van der Waals surface area contributed by atoms with Gasteiger partial charge >= 0.3 is 0 Å². The molecule has 118 valence electrons. The molecule has 3 aromatic rings. The van der Waals surface area contributed by atoms with Crippen LogP contribution in [0.15, 0.2) is 48.8 Å². The Kier molecular flexibility index (Phi) is 4.37. The number of halogens is 1. The van der Waals surface area contributed by atoms with Gasteiger partial charge in [0, 0.05) is 19.0 Å². The Hall–Kier alpha value is -2.69. The summed E-state index contributed by atoms with van der Waals surface area (Å²) in [5, 5.41) is 0.709. The van der Waals surface area contributed by atoms with Gasteiger partial charge in [0.2, 0.25) is 0 Å². The molecule has 1 heterocycles. The normalized spacial score (nSPS) is 10.7. The molecule has 2 aromatic carbocycles. The second kappa shape index (κ2) is 6.60. The van der Waals surface area contributed by atoms with E-state index in [2.05, 4.69) is 9.97 Å². The van der Waals surface area contributed by atoms with Gasteiger partial charge in [0.15, 0.2) is 0 Å². The first kappa shape index (κ1) is 15.2. The molecule has 0 fully saturated rings. The van der Waals surface area contributed by atoms with E-state index < -0.39 is 0 Å². The van der Waals surface area contributed by atoms with Gasteiger partial charge in [-0.05, 0) is 42.8 Å². The summed E-state index contributed by atoms with van der Waals surface area (Å²) in [4.78, 5) is 10.5. The molecular weight excluding hydrogens is 293 g/mol. The number of hydrogen-bond donors (Lipinski definition) is 0. The molecule has 0 aliphatic heterocycles. The van der Waals surface area contributed by atoms with Crippen molar-refractivity contribution in [1.82, 2.24) is 9.97 Å². The third-order valence-corrected chi connectivity index (χ3v) is 3.59. The maximum absolute atomic E-state index is 13.5. The summed E-state index contributed by atoms with van der Waals surface area (Å²) in [5.74, 6) is 1.28. The van der Waals surface area contributed by atoms with Crippen molar-refractivity contribution in [3.8, 4) is 5.75 Å². The Labute approximate surface area is 134 Å². The van der Waals surface area contributed by atoms with Crippen molar-refractivity contribution in [2.75, 3.05) is 18.6 Å². The van der Waals surface area contributed by atoms with Crippen LogP contribution in [0.25, 0.3) is 10.9 Å². The quantitative estimate of drug-likeness (QED) is 0.718. The highest BCUT2D eigenvalue weighted by Gasteiger charge is 2.10. The van der Waals surface area contributed by atoms with Gasteiger partial charge in [-0.2, -0.15) is 0 Å². The predicted octanol–water partition coefficient (Wildman–Crippen LogP) is 3.80. The van der Waals surface area contributed by atoms with Crippen molar-refractivity contribution in [3.63, 3.8) is 0 Å². The fourth-order valence-corrected chi connectivity index (χ4v) is 2.53. The van der Waals surface area contributed by atoms with Gasteiger partial charge in [0.25, 0.3) is 0 Å². The Balaban J connectivity index is 1.85. The number of hydrogen-bond acceptors (Lipinski definition) is 4. The monoisotopic (exact) mass is 311 g/mol. The highest BCUT2D eigenvalue weighted by molar-refractivity contribution is 5.89. The van der Waals surface area contributed by atoms with Crippen LogP contribution in [-0.4, -0.2) is 23.6 Å². The van der Waals surface area contributed by atoms with Crippen molar-refractivity contribution in [1.29, 1.82) is 0 Å². The molecule has 0 atom stereocenters. The maximum Gasteiger partial charge on any atom is 0.140 e. The molecule has 0 saturated heterocycles. The Bertz CT molecular complexity index is 805. The number of aromatic nitrogens is 2. The minimum atomic E-state index is -0.289. The molecule has 0 radical (unpaired) electrons. The number of nitrogens with zero attached hydrogens (tertiary/aromatic N) is 3. The van der Waals surface area contributed by atoms with Crippen molar-refractivity contribution >= 4 is 16.7 Å². The van der Waals surface area contributed by atoms with Crippen LogP contribution in [0.5, 0.6) is 5.75 Å². The molecule has 0 bridgehead atoms. The highest BCUT2D eigenvalue weighted by Crippen LogP contribution is 2.24. The molecule has 0 unspecified atom stereocenters. The van der Waals surface area contributed by atoms with Crippen molar-refractivity contribution in [2.45, 2.75) is 13.5 Å². The van der Waals surface area contributed by atoms with E-state index in [0.717, 1.165) is 16.8 Å². The number of benzene rings is 2. The van der Waals surface area contributed by atoms with Gasteiger partial charge < -0.3 is 9.64 Å². The fraction of sp³-hybridized carbons (Fsp3) is 0.222. The van der Waals surface area contributed by atoms with E-state index in [0.29, 0.717) is 24.4 Å². The number of fused-ring (bicyclic) bond motifs is 1. The van der Waals surface area contributed by atoms with Crippen molar-refractivity contribution < 1.29 is 9.13 Å². The van der Waals surface area contributed by atoms with Crippen LogP contribution in [0.3, 0.4) is 0 Å². The van der Waals surface area contributed by atoms with E-state index in [4.69, 9.17) is 4.74 Å². The summed E-state index contributed by atoms with van der Waals surface area (Å²) in [5.41, 5.74) is 1.86. The maximum atomic E-state index is 13.5. The fourth-order valence-electron chi connectivity index (χ4n) is 2.53. The van der Waals surface area contributed by atoms with Crippen LogP contribution >= 0.6 is 0 Å². The molecule has 0 aliphatic rings. The lowest BCUT2D eigenvalue weighted by atomic mass is 10.2. The first-order valence-corrected chi connectivity index (χ1v) is 7.50. The SMILES string of the molecule is CCOc1ccc(CN(C)c2ncnc3ccc(F)cc23)cc1. The van der Waals surface area contributed by atoms with Gasteiger partial charge in [0.1, 0.15) is 23.7 Å². The van der Waals surface area contributed by atoms with Gasteiger partial charge in [0.05, 0.1) is 12.1 Å². The average molecular weight is 311 g/mol. The molecule has 3 rings (SSSR count). The number of anilines is 1. The second-order valence-electron chi connectivity index (χ2n) is 5.29. The summed E-state index contributed by atoms with van der Waals surface area (Å²) in [6.45, 7) is 3.27. The Morgan fingerprint density at radius 1 is 1.09 bits per heavy atom. The zero-order valence-corrected chi connectivity index (χ0v) is 13.2. The number of ether oxygens (including phenoxy) is 1. The topological polar surface area (TPSA) is 38.2 Å². The number of rotatable bonds is 5. The zero-order valence-electron chi connectivity index (χ0n) is 13.2. The third-order valence-electron chi connectivity index (χ3n) is 3.59. The molecule has 0 N–H and O–H groups in total. The molecule has 0 aliphatic carbocycles. The van der Waals surface area contributed by atoms with E-state index in [1.54, 1.807) is 6.07 Å². The lowest BCUT2D eigenvalue weighted by molar-refractivity contribution is 0.340. The Morgan fingerprint density at radius 3 is 2.61 bits per heavy atom. The molecule has 4 nitrogen and oxygen atoms in total. The largest absolute Gasteiger partial charge is 0.494 e. The standard InChI is InChI=1S/C18H18FN3O/c1-3-23-15-7-4-13(5-8-15)11-22(2)18-16-10-14(19)6-9-17(16)20-12-21-18/h4-10,12H,3,11H2,1-2H3. The molecule has 1 aromatic heterocycles. The van der Waals surface area contributed by atoms with E-state index in [1.807, 2.05) is 43.1 Å². The van der Waals surface area contributed by atoms with E-state index in [-0.39, 0.29) is 5.82 Å². The molecule has 0 spiro atoms. The van der Waals surface area contributed by atoms with Crippen LogP contribution < -0.4 is 9.64 Å². The van der Waals surface area contributed by atoms with Gasteiger partial charge in [-0.1, -0.05) is 12.1 Å². The van der Waals surface area contributed by atoms with Gasteiger partial charge in [-0.3, -0.25) is 0 Å². The van der Waals surface area contributed by atoms with Gasteiger partial charge in [-0.15, -0.1) is 0 Å². The van der Waals surface area contributed by atoms with Gasteiger partial charge in [-0.25, -0.2) is 14.4 Å². The third kappa shape index (κ3) is 3.39. The van der Waals surface area contributed by atoms with E-state index >= 15 is 0 Å². The zero-order chi connectivity index (χ0) is 16.2. The van der Waals surface area contributed by atoms with E-state index in [9.17, 15) is 4.39 Å². The first-order chi connectivity index (χ1) is 11.2. The minimum absolute atomic E-state index is 0.289. The van der Waals surface area contributed by atoms with Crippen molar-refractivity contribution in [3.05, 3.63) is 60.2 Å². The van der Waals surface area contributed by atoms with Crippen LogP contribution in [0, 0.1) is 5.82 Å². The average Bonchev–Trinajstić information content (AvgIpc) is 2.56. The lowest BCUT2D eigenvalue weighted by Crippen LogP contribution is -2.18. The Morgan fingerprint density at radius 2 is 1.87 bits per heavy atom. The highest BCUT2D eigenvalue weighted by atomic mass is 19.1. The van der Waals surface area contributed by atoms with Crippen LogP contribution in [0.4, 0.5) is 10.2 Å². The lowest BCUT2D eigenvalue weighted by Gasteiger charge is -2.20. The molecule has 0 amide bonds. The molecule has 5 heteroatoms. The van der Waals surface area contributed by atoms with Crippen LogP contribution in [0.2, 0.25) is 0 Å². The second-order valence-corrected chi connectivity index (χ2v) is 5.29. The summed E-state index contributed by atoms with van der Waals surface area (Å²) >= 11 is 0. The molecular formula is C18H18FN3O. The summed E-state index contributed by atoms with van der Waals surface area (Å²) in [6, 6.07) is 12.5. The smallest absolute Gasteiger partial charge is 0.140 e. The molecule has 0 saturated carbocycles. The van der Waals surface area contributed by atoms with Crippen LogP contribution in [-0.2, 0) is 6.54 Å². The summed E-state index contributed by atoms with van der Waals surface area (Å²) < 4.78 is 19.0. The minimum Gasteiger partial charge on any atom is -0.494 e. The van der Waals surface area contributed by atoms with E-state index in [1.165, 1.54) is 18.5 Å². The van der Waals surface area contributed by atoms with Crippen molar-refractivity contribution in [2.24, 2.45) is 0 Å². The predicted molar refractivity (Wildman–Crippen MR) is 89.2 cm³/mol. The summed E-state index contributed by atoms with van der Waals surface area (Å²) in [6.07, 6.45) is 1.50. The summed E-state index contributed by atoms with van der Waals surface area (Å²) in [7, 11) is 1.93. The molecule has 23 heavy (non-hydrogen) atoms. The first-order valence-electron chi connectivity index (χ1n) is 7.50.